The first-order chi connectivity index (χ1) is 13.6. The van der Waals surface area contributed by atoms with Gasteiger partial charge in [-0.25, -0.2) is 15.2 Å². The van der Waals surface area contributed by atoms with E-state index in [9.17, 15) is 9.18 Å². The fraction of sp³-hybridized carbons (Fsp3) is 0.286. The number of carbonyl (C=O) groups excluding carboxylic acids is 1. The van der Waals surface area contributed by atoms with Gasteiger partial charge in [-0.3, -0.25) is 4.79 Å². The van der Waals surface area contributed by atoms with E-state index in [0.717, 1.165) is 28.9 Å². The molecular formula is C21H23FN4O2. The summed E-state index contributed by atoms with van der Waals surface area (Å²) in [6.45, 7) is 2.94. The average Bonchev–Trinajstić information content (AvgIpc) is 3.31. The maximum absolute atomic E-state index is 13.0. The molecule has 1 aliphatic rings. The first-order valence-corrected chi connectivity index (χ1v) is 9.33. The second-order valence-corrected chi connectivity index (χ2v) is 6.85. The number of amides is 1. The second kappa shape index (κ2) is 7.61. The largest absolute Gasteiger partial charge is 0.497 e. The predicted octanol–water partition coefficient (Wildman–Crippen LogP) is 3.10. The summed E-state index contributed by atoms with van der Waals surface area (Å²) in [5.41, 5.74) is 9.12. The molecule has 0 radical (unpaired) electrons. The normalized spacial score (nSPS) is 19.1. The van der Waals surface area contributed by atoms with Gasteiger partial charge in [-0.2, -0.15) is 0 Å². The van der Waals surface area contributed by atoms with Crippen molar-refractivity contribution in [3.63, 3.8) is 0 Å². The van der Waals surface area contributed by atoms with Gasteiger partial charge in [0, 0.05) is 35.7 Å². The molecule has 2 heterocycles. The van der Waals surface area contributed by atoms with Gasteiger partial charge in [0.1, 0.15) is 11.6 Å². The van der Waals surface area contributed by atoms with Crippen LogP contribution in [-0.4, -0.2) is 23.7 Å². The number of fused-ring (bicyclic) bond motifs is 1. The summed E-state index contributed by atoms with van der Waals surface area (Å²) in [6.07, 6.45) is 0.473. The quantitative estimate of drug-likeness (QED) is 0.634. The number of nitrogens with one attached hydrogen (secondary N) is 3. The summed E-state index contributed by atoms with van der Waals surface area (Å²) in [6, 6.07) is 13.8. The van der Waals surface area contributed by atoms with E-state index in [1.165, 1.54) is 24.3 Å². The average molecular weight is 382 g/mol. The van der Waals surface area contributed by atoms with Gasteiger partial charge in [-0.15, -0.1) is 0 Å². The third-order valence-corrected chi connectivity index (χ3v) is 5.13. The Balaban J connectivity index is 1.51. The molecule has 1 aromatic heterocycles. The molecule has 0 spiro atoms. The molecule has 4 rings (SSSR count). The zero-order valence-electron chi connectivity index (χ0n) is 15.8. The first-order valence-electron chi connectivity index (χ1n) is 9.33. The van der Waals surface area contributed by atoms with Crippen LogP contribution < -0.4 is 20.9 Å². The lowest BCUT2D eigenvalue weighted by atomic mass is 10.1. The van der Waals surface area contributed by atoms with E-state index in [0.29, 0.717) is 12.0 Å². The van der Waals surface area contributed by atoms with E-state index in [2.05, 4.69) is 39.8 Å². The maximum Gasteiger partial charge on any atom is 0.252 e. The van der Waals surface area contributed by atoms with E-state index in [-0.39, 0.29) is 23.9 Å². The van der Waals surface area contributed by atoms with E-state index < -0.39 is 0 Å². The smallest absolute Gasteiger partial charge is 0.252 e. The summed E-state index contributed by atoms with van der Waals surface area (Å²) < 4.78 is 20.6. The van der Waals surface area contributed by atoms with Gasteiger partial charge in [0.25, 0.3) is 5.91 Å². The fourth-order valence-corrected chi connectivity index (χ4v) is 3.71. The van der Waals surface area contributed by atoms with Crippen molar-refractivity contribution in [2.45, 2.75) is 32.1 Å². The fourth-order valence-electron chi connectivity index (χ4n) is 3.71. The molecule has 0 aliphatic carbocycles. The van der Waals surface area contributed by atoms with Gasteiger partial charge < -0.3 is 14.6 Å². The molecule has 28 heavy (non-hydrogen) atoms. The van der Waals surface area contributed by atoms with Crippen LogP contribution in [0.4, 0.5) is 4.39 Å². The summed E-state index contributed by atoms with van der Waals surface area (Å²) >= 11 is 0. The molecule has 2 atom stereocenters. The highest BCUT2D eigenvalue weighted by Crippen LogP contribution is 2.30. The molecule has 1 aliphatic heterocycles. The number of hydrogen-bond donors (Lipinski definition) is 3. The van der Waals surface area contributed by atoms with Crippen LogP contribution in [0.1, 0.15) is 35.4 Å². The van der Waals surface area contributed by atoms with Gasteiger partial charge in [0.05, 0.1) is 24.8 Å². The highest BCUT2D eigenvalue weighted by Gasteiger charge is 2.29. The van der Waals surface area contributed by atoms with Crippen LogP contribution in [-0.2, 0) is 6.54 Å². The van der Waals surface area contributed by atoms with Gasteiger partial charge in [0.2, 0.25) is 0 Å². The number of aryl methyl sites for hydroxylation is 1. The number of halogens is 1. The standard InChI is InChI=1S/C21H23FN4O2/c1-3-26-18-11-16(28-2)9-6-14(18)10-19(26)17-12-20(25-24-17)23-21(27)13-4-7-15(22)8-5-13/h4-11,17,20,24-25H,3,12H2,1-2H3,(H,23,27). The zero-order valence-corrected chi connectivity index (χ0v) is 15.8. The lowest BCUT2D eigenvalue weighted by Gasteiger charge is -2.14. The highest BCUT2D eigenvalue weighted by molar-refractivity contribution is 5.94. The minimum Gasteiger partial charge on any atom is -0.497 e. The Morgan fingerprint density at radius 2 is 2.00 bits per heavy atom. The van der Waals surface area contributed by atoms with Gasteiger partial charge >= 0.3 is 0 Å². The van der Waals surface area contributed by atoms with Crippen LogP contribution in [0.15, 0.2) is 48.5 Å². The first kappa shape index (κ1) is 18.5. The molecule has 2 unspecified atom stereocenters. The minimum absolute atomic E-state index is 0.0527. The molecule has 7 heteroatoms. The number of hydrazine groups is 1. The Labute approximate surface area is 162 Å². The van der Waals surface area contributed by atoms with Crippen molar-refractivity contribution in [1.29, 1.82) is 0 Å². The molecule has 0 saturated carbocycles. The number of nitrogens with zero attached hydrogens (tertiary/aromatic N) is 1. The Hall–Kier alpha value is -2.90. The predicted molar refractivity (Wildman–Crippen MR) is 105 cm³/mol. The number of benzene rings is 2. The zero-order chi connectivity index (χ0) is 19.7. The Morgan fingerprint density at radius 1 is 1.21 bits per heavy atom. The summed E-state index contributed by atoms with van der Waals surface area (Å²) in [5.74, 6) is 0.232. The Morgan fingerprint density at radius 3 is 2.71 bits per heavy atom. The van der Waals surface area contributed by atoms with Gasteiger partial charge in [-0.1, -0.05) is 0 Å². The molecule has 1 fully saturated rings. The molecule has 3 N–H and O–H groups in total. The van der Waals surface area contributed by atoms with Crippen LogP contribution in [0.3, 0.4) is 0 Å². The SMILES string of the molecule is CCn1c(C2CC(NC(=O)c3ccc(F)cc3)NN2)cc2ccc(OC)cc21. The van der Waals surface area contributed by atoms with Crippen LogP contribution in [0.25, 0.3) is 10.9 Å². The van der Waals surface area contributed by atoms with Crippen molar-refractivity contribution in [3.8, 4) is 5.75 Å². The van der Waals surface area contributed by atoms with Gasteiger partial charge in [0.15, 0.2) is 0 Å². The molecule has 146 valence electrons. The lowest BCUT2D eigenvalue weighted by molar-refractivity contribution is 0.0932. The molecule has 3 aromatic rings. The number of aromatic nitrogens is 1. The lowest BCUT2D eigenvalue weighted by Crippen LogP contribution is -2.44. The van der Waals surface area contributed by atoms with Crippen LogP contribution in [0.5, 0.6) is 5.75 Å². The van der Waals surface area contributed by atoms with E-state index >= 15 is 0 Å². The molecule has 0 bridgehead atoms. The molecule has 1 saturated heterocycles. The number of ether oxygens (including phenoxy) is 1. The number of rotatable bonds is 5. The summed E-state index contributed by atoms with van der Waals surface area (Å²) in [4.78, 5) is 12.4. The Kier molecular flexibility index (Phi) is 5.02. The van der Waals surface area contributed by atoms with Crippen LogP contribution in [0, 0.1) is 5.82 Å². The van der Waals surface area contributed by atoms with Crippen molar-refractivity contribution in [2.24, 2.45) is 0 Å². The second-order valence-electron chi connectivity index (χ2n) is 6.85. The van der Waals surface area contributed by atoms with Crippen molar-refractivity contribution in [1.82, 2.24) is 20.7 Å². The summed E-state index contributed by atoms with van der Waals surface area (Å²) in [5, 5.41) is 4.09. The van der Waals surface area contributed by atoms with Crippen molar-refractivity contribution in [3.05, 3.63) is 65.6 Å². The summed E-state index contributed by atoms with van der Waals surface area (Å²) in [7, 11) is 1.66. The Bertz CT molecular complexity index is 1000. The number of hydrogen-bond acceptors (Lipinski definition) is 4. The maximum atomic E-state index is 13.0. The third-order valence-electron chi connectivity index (χ3n) is 5.13. The van der Waals surface area contributed by atoms with Crippen LogP contribution >= 0.6 is 0 Å². The van der Waals surface area contributed by atoms with Crippen LogP contribution in [0.2, 0.25) is 0 Å². The van der Waals surface area contributed by atoms with Crippen molar-refractivity contribution >= 4 is 16.8 Å². The van der Waals surface area contributed by atoms with E-state index in [1.54, 1.807) is 7.11 Å². The van der Waals surface area contributed by atoms with E-state index in [4.69, 9.17) is 4.74 Å². The number of carbonyl (C=O) groups is 1. The van der Waals surface area contributed by atoms with Crippen molar-refractivity contribution < 1.29 is 13.9 Å². The molecular weight excluding hydrogens is 359 g/mol. The minimum atomic E-state index is -0.360. The van der Waals surface area contributed by atoms with Gasteiger partial charge in [-0.05, 0) is 49.4 Å². The topological polar surface area (TPSA) is 67.3 Å². The molecule has 6 nitrogen and oxygen atoms in total. The number of methoxy groups -OCH3 is 1. The van der Waals surface area contributed by atoms with Crippen molar-refractivity contribution in [2.75, 3.05) is 7.11 Å². The highest BCUT2D eigenvalue weighted by atomic mass is 19.1. The molecule has 1 amide bonds. The monoisotopic (exact) mass is 382 g/mol. The third kappa shape index (κ3) is 3.46. The van der Waals surface area contributed by atoms with E-state index in [1.807, 2.05) is 12.1 Å². The molecule has 2 aromatic carbocycles.